The van der Waals surface area contributed by atoms with Gasteiger partial charge in [0, 0.05) is 28.5 Å². The standard InChI is InChI=1S/C43H27N3/c1-2-7-29(8-3-1)39-27-40(46-43(45-39)35-20-16-30(17-21-35)38-11-4-5-26-44-38)31-14-12-28(13-15-31)36-24-22-34-19-18-32-9-6-10-33-23-25-37(36)42(34)41(32)33/h1-27H. The first-order chi connectivity index (χ1) is 22.8. The fraction of sp³-hybridized carbons (Fsp3) is 0. The van der Waals surface area contributed by atoms with E-state index in [2.05, 4.69) is 126 Å². The molecular weight excluding hydrogens is 558 g/mol. The van der Waals surface area contributed by atoms with Crippen LogP contribution >= 0.6 is 0 Å². The van der Waals surface area contributed by atoms with Gasteiger partial charge in [-0.15, -0.1) is 0 Å². The van der Waals surface area contributed by atoms with E-state index in [4.69, 9.17) is 9.97 Å². The Morgan fingerprint density at radius 1 is 0.348 bits per heavy atom. The fourth-order valence-corrected chi connectivity index (χ4v) is 6.61. The smallest absolute Gasteiger partial charge is 0.160 e. The van der Waals surface area contributed by atoms with Gasteiger partial charge >= 0.3 is 0 Å². The second-order valence-corrected chi connectivity index (χ2v) is 11.7. The number of aromatic nitrogens is 3. The Kier molecular flexibility index (Phi) is 6.14. The number of hydrogen-bond acceptors (Lipinski definition) is 3. The molecule has 2 heterocycles. The minimum absolute atomic E-state index is 0.694. The van der Waals surface area contributed by atoms with Crippen LogP contribution in [-0.2, 0) is 0 Å². The van der Waals surface area contributed by atoms with Gasteiger partial charge in [-0.25, -0.2) is 9.97 Å². The second-order valence-electron chi connectivity index (χ2n) is 11.7. The largest absolute Gasteiger partial charge is 0.256 e. The van der Waals surface area contributed by atoms with Gasteiger partial charge in [-0.1, -0.05) is 140 Å². The highest BCUT2D eigenvalue weighted by Crippen LogP contribution is 2.39. The monoisotopic (exact) mass is 585 g/mol. The van der Waals surface area contributed by atoms with Crippen LogP contribution in [0, 0.1) is 0 Å². The van der Waals surface area contributed by atoms with Crippen molar-refractivity contribution in [3.8, 4) is 56.3 Å². The van der Waals surface area contributed by atoms with Crippen molar-refractivity contribution in [3.63, 3.8) is 0 Å². The Morgan fingerprint density at radius 2 is 0.913 bits per heavy atom. The van der Waals surface area contributed by atoms with Gasteiger partial charge in [-0.05, 0) is 61.6 Å². The van der Waals surface area contributed by atoms with Gasteiger partial charge in [-0.3, -0.25) is 4.98 Å². The second kappa shape index (κ2) is 10.8. The van der Waals surface area contributed by atoms with Gasteiger partial charge in [0.2, 0.25) is 0 Å². The molecule has 9 aromatic rings. The Labute approximate surface area is 266 Å². The number of hydrogen-bond donors (Lipinski definition) is 0. The highest BCUT2D eigenvalue weighted by Gasteiger charge is 2.14. The molecule has 0 aliphatic carbocycles. The molecule has 0 bridgehead atoms. The molecule has 0 aliphatic heterocycles. The van der Waals surface area contributed by atoms with Crippen molar-refractivity contribution in [2.24, 2.45) is 0 Å². The van der Waals surface area contributed by atoms with E-state index in [0.717, 1.165) is 39.3 Å². The lowest BCUT2D eigenvalue weighted by Gasteiger charge is -2.14. The average Bonchev–Trinajstić information content (AvgIpc) is 3.14. The number of pyridine rings is 1. The van der Waals surface area contributed by atoms with E-state index < -0.39 is 0 Å². The number of rotatable bonds is 5. The lowest BCUT2D eigenvalue weighted by Crippen LogP contribution is -1.96. The zero-order chi connectivity index (χ0) is 30.5. The predicted molar refractivity (Wildman–Crippen MR) is 191 cm³/mol. The van der Waals surface area contributed by atoms with Crippen LogP contribution in [0.1, 0.15) is 0 Å². The molecule has 0 aliphatic rings. The van der Waals surface area contributed by atoms with Crippen molar-refractivity contribution < 1.29 is 0 Å². The SMILES string of the molecule is c1ccc(-c2cc(-c3ccc(-c4ccc5ccc6cccc7ccc4c5c67)cc3)nc(-c3ccc(-c4ccccn4)cc3)n2)cc1. The minimum Gasteiger partial charge on any atom is -0.256 e. The molecule has 46 heavy (non-hydrogen) atoms. The molecule has 0 fully saturated rings. The van der Waals surface area contributed by atoms with E-state index in [0.29, 0.717) is 5.82 Å². The quantitative estimate of drug-likeness (QED) is 0.189. The Balaban J connectivity index is 1.13. The Morgan fingerprint density at radius 3 is 1.61 bits per heavy atom. The summed E-state index contributed by atoms with van der Waals surface area (Å²) in [6, 6.07) is 55.5. The first-order valence-electron chi connectivity index (χ1n) is 15.5. The third-order valence-electron chi connectivity index (χ3n) is 8.92. The zero-order valence-electron chi connectivity index (χ0n) is 24.9. The highest BCUT2D eigenvalue weighted by atomic mass is 14.9. The lowest BCUT2D eigenvalue weighted by molar-refractivity contribution is 1.18. The maximum absolute atomic E-state index is 5.08. The highest BCUT2D eigenvalue weighted by molar-refractivity contribution is 6.25. The van der Waals surface area contributed by atoms with Crippen LogP contribution in [0.5, 0.6) is 0 Å². The molecule has 0 radical (unpaired) electrons. The third-order valence-corrected chi connectivity index (χ3v) is 8.92. The van der Waals surface area contributed by atoms with E-state index in [1.54, 1.807) is 0 Å². The molecule has 9 rings (SSSR count). The van der Waals surface area contributed by atoms with Crippen LogP contribution in [-0.4, -0.2) is 15.0 Å². The molecule has 2 aromatic heterocycles. The molecule has 0 spiro atoms. The van der Waals surface area contributed by atoms with Crippen molar-refractivity contribution in [1.82, 2.24) is 15.0 Å². The van der Waals surface area contributed by atoms with Crippen molar-refractivity contribution in [2.45, 2.75) is 0 Å². The molecule has 3 heteroatoms. The zero-order valence-corrected chi connectivity index (χ0v) is 24.9. The molecular formula is C43H27N3. The summed E-state index contributed by atoms with van der Waals surface area (Å²) in [5, 5.41) is 7.78. The average molecular weight is 586 g/mol. The first-order valence-corrected chi connectivity index (χ1v) is 15.5. The van der Waals surface area contributed by atoms with Crippen molar-refractivity contribution in [3.05, 3.63) is 164 Å². The Hall–Kier alpha value is -6.19. The summed E-state index contributed by atoms with van der Waals surface area (Å²) in [4.78, 5) is 14.6. The van der Waals surface area contributed by atoms with Crippen LogP contribution in [0.3, 0.4) is 0 Å². The van der Waals surface area contributed by atoms with Crippen molar-refractivity contribution in [2.75, 3.05) is 0 Å². The van der Waals surface area contributed by atoms with Crippen LogP contribution in [0.15, 0.2) is 164 Å². The van der Waals surface area contributed by atoms with Gasteiger partial charge in [0.05, 0.1) is 17.1 Å². The summed E-state index contributed by atoms with van der Waals surface area (Å²) < 4.78 is 0. The maximum atomic E-state index is 5.08. The van der Waals surface area contributed by atoms with Crippen molar-refractivity contribution in [1.29, 1.82) is 0 Å². The van der Waals surface area contributed by atoms with Gasteiger partial charge < -0.3 is 0 Å². The van der Waals surface area contributed by atoms with Crippen LogP contribution in [0.4, 0.5) is 0 Å². The molecule has 214 valence electrons. The van der Waals surface area contributed by atoms with Gasteiger partial charge in [0.1, 0.15) is 0 Å². The minimum atomic E-state index is 0.694. The maximum Gasteiger partial charge on any atom is 0.160 e. The molecule has 0 N–H and O–H groups in total. The Bertz CT molecular complexity index is 2470. The summed E-state index contributed by atoms with van der Waals surface area (Å²) in [7, 11) is 0. The molecule has 0 unspecified atom stereocenters. The fourth-order valence-electron chi connectivity index (χ4n) is 6.61. The first kappa shape index (κ1) is 26.2. The number of nitrogens with zero attached hydrogens (tertiary/aromatic N) is 3. The van der Waals surface area contributed by atoms with Gasteiger partial charge in [0.25, 0.3) is 0 Å². The van der Waals surface area contributed by atoms with Crippen LogP contribution in [0.25, 0.3) is 88.6 Å². The molecule has 7 aromatic carbocycles. The summed E-state index contributed by atoms with van der Waals surface area (Å²) >= 11 is 0. The molecule has 0 atom stereocenters. The van der Waals surface area contributed by atoms with E-state index in [1.165, 1.54) is 43.4 Å². The molecule has 0 amide bonds. The van der Waals surface area contributed by atoms with Crippen LogP contribution < -0.4 is 0 Å². The summed E-state index contributed by atoms with van der Waals surface area (Å²) in [5.41, 5.74) is 9.27. The van der Waals surface area contributed by atoms with E-state index >= 15 is 0 Å². The summed E-state index contributed by atoms with van der Waals surface area (Å²) in [6.07, 6.45) is 1.82. The topological polar surface area (TPSA) is 38.7 Å². The van der Waals surface area contributed by atoms with Gasteiger partial charge in [0.15, 0.2) is 5.82 Å². The normalized spacial score (nSPS) is 11.5. The van der Waals surface area contributed by atoms with E-state index in [9.17, 15) is 0 Å². The molecule has 0 saturated heterocycles. The van der Waals surface area contributed by atoms with Crippen molar-refractivity contribution >= 4 is 32.3 Å². The molecule has 3 nitrogen and oxygen atoms in total. The molecule has 0 saturated carbocycles. The summed E-state index contributed by atoms with van der Waals surface area (Å²) in [5.74, 6) is 0.694. The van der Waals surface area contributed by atoms with Gasteiger partial charge in [-0.2, -0.15) is 0 Å². The summed E-state index contributed by atoms with van der Waals surface area (Å²) in [6.45, 7) is 0. The lowest BCUT2D eigenvalue weighted by atomic mass is 9.89. The third kappa shape index (κ3) is 4.49. The van der Waals surface area contributed by atoms with Crippen LogP contribution in [0.2, 0.25) is 0 Å². The van der Waals surface area contributed by atoms with E-state index in [-0.39, 0.29) is 0 Å². The number of benzene rings is 7. The predicted octanol–water partition coefficient (Wildman–Crippen LogP) is 11.1. The van der Waals surface area contributed by atoms with E-state index in [1.807, 2.05) is 42.6 Å².